The van der Waals surface area contributed by atoms with Crippen molar-refractivity contribution in [3.05, 3.63) is 11.6 Å². The highest BCUT2D eigenvalue weighted by Gasteiger charge is 2.33. The van der Waals surface area contributed by atoms with Crippen molar-refractivity contribution in [2.75, 3.05) is 6.61 Å². The number of rotatable bonds is 1. The maximum absolute atomic E-state index is 8.99. The van der Waals surface area contributed by atoms with Gasteiger partial charge in [-0.1, -0.05) is 25.5 Å². The molecule has 0 aromatic heterocycles. The zero-order chi connectivity index (χ0) is 7.78. The predicted octanol–water partition coefficient (Wildman–Crippen LogP) is 1.97. The molecule has 0 saturated carbocycles. The van der Waals surface area contributed by atoms with Crippen molar-refractivity contribution in [3.63, 3.8) is 0 Å². The van der Waals surface area contributed by atoms with Crippen LogP contribution < -0.4 is 0 Å². The largest absolute Gasteiger partial charge is 0.396 e. The van der Waals surface area contributed by atoms with Gasteiger partial charge in [-0.15, -0.1) is 0 Å². The van der Waals surface area contributed by atoms with Crippen LogP contribution in [0.4, 0.5) is 0 Å². The maximum Gasteiger partial charge on any atom is 0.0470 e. The molecule has 0 bridgehead atoms. The van der Waals surface area contributed by atoms with Gasteiger partial charge in [-0.2, -0.15) is 0 Å². The van der Waals surface area contributed by atoms with E-state index in [-0.39, 0.29) is 5.41 Å². The van der Waals surface area contributed by atoms with E-state index in [0.717, 1.165) is 6.42 Å². The SMILES string of the molecule is CC1=CC[C@H](CO)C1(C)C. The lowest BCUT2D eigenvalue weighted by Crippen LogP contribution is -2.23. The molecule has 0 saturated heterocycles. The lowest BCUT2D eigenvalue weighted by molar-refractivity contribution is 0.158. The summed E-state index contributed by atoms with van der Waals surface area (Å²) < 4.78 is 0. The molecule has 1 rings (SSSR count). The normalized spacial score (nSPS) is 30.4. The molecule has 1 aliphatic carbocycles. The van der Waals surface area contributed by atoms with Crippen LogP contribution in [0.1, 0.15) is 27.2 Å². The molecule has 10 heavy (non-hydrogen) atoms. The van der Waals surface area contributed by atoms with Crippen LogP contribution in [0, 0.1) is 11.3 Å². The fraction of sp³-hybridized carbons (Fsp3) is 0.778. The first-order chi connectivity index (χ1) is 4.59. The van der Waals surface area contributed by atoms with Crippen molar-refractivity contribution in [3.8, 4) is 0 Å². The molecule has 0 aromatic carbocycles. The third-order valence-electron chi connectivity index (χ3n) is 2.97. The maximum atomic E-state index is 8.99. The topological polar surface area (TPSA) is 20.2 Å². The monoisotopic (exact) mass is 140 g/mol. The highest BCUT2D eigenvalue weighted by Crippen LogP contribution is 2.42. The molecular weight excluding hydrogens is 124 g/mol. The number of aliphatic hydroxyl groups excluding tert-OH is 1. The second-order valence-corrected chi connectivity index (χ2v) is 3.72. The van der Waals surface area contributed by atoms with Crippen molar-refractivity contribution in [1.82, 2.24) is 0 Å². The summed E-state index contributed by atoms with van der Waals surface area (Å²) in [6.45, 7) is 6.87. The molecule has 0 unspecified atom stereocenters. The summed E-state index contributed by atoms with van der Waals surface area (Å²) in [5.74, 6) is 0.451. The lowest BCUT2D eigenvalue weighted by Gasteiger charge is -2.27. The molecule has 0 spiro atoms. The van der Waals surface area contributed by atoms with Gasteiger partial charge in [0.2, 0.25) is 0 Å². The van der Waals surface area contributed by atoms with Crippen molar-refractivity contribution in [2.45, 2.75) is 27.2 Å². The minimum Gasteiger partial charge on any atom is -0.396 e. The van der Waals surface area contributed by atoms with Crippen LogP contribution in [-0.4, -0.2) is 11.7 Å². The predicted molar refractivity (Wildman–Crippen MR) is 42.7 cm³/mol. The number of hydrogen-bond donors (Lipinski definition) is 1. The van der Waals surface area contributed by atoms with Crippen molar-refractivity contribution >= 4 is 0 Å². The molecule has 0 heterocycles. The van der Waals surface area contributed by atoms with Crippen LogP contribution in [0.2, 0.25) is 0 Å². The van der Waals surface area contributed by atoms with Crippen LogP contribution in [-0.2, 0) is 0 Å². The standard InChI is InChI=1S/C9H16O/c1-7-4-5-8(6-10)9(7,2)3/h4,8,10H,5-6H2,1-3H3/t8-/m1/s1. The second-order valence-electron chi connectivity index (χ2n) is 3.72. The average Bonchev–Trinajstić information content (AvgIpc) is 2.10. The minimum atomic E-state index is 0.231. The Morgan fingerprint density at radius 1 is 1.70 bits per heavy atom. The molecule has 0 aliphatic heterocycles. The fourth-order valence-electron chi connectivity index (χ4n) is 1.50. The van der Waals surface area contributed by atoms with Crippen LogP contribution in [0.3, 0.4) is 0 Å². The molecule has 0 fully saturated rings. The van der Waals surface area contributed by atoms with E-state index in [1.165, 1.54) is 5.57 Å². The summed E-state index contributed by atoms with van der Waals surface area (Å²) in [4.78, 5) is 0. The van der Waals surface area contributed by atoms with Crippen LogP contribution >= 0.6 is 0 Å². The summed E-state index contributed by atoms with van der Waals surface area (Å²) in [7, 11) is 0. The van der Waals surface area contributed by atoms with E-state index < -0.39 is 0 Å². The van der Waals surface area contributed by atoms with E-state index in [4.69, 9.17) is 5.11 Å². The van der Waals surface area contributed by atoms with E-state index in [9.17, 15) is 0 Å². The first-order valence-electron chi connectivity index (χ1n) is 3.87. The first-order valence-corrected chi connectivity index (χ1v) is 3.87. The molecule has 0 amide bonds. The number of aliphatic hydroxyl groups is 1. The molecule has 1 nitrogen and oxygen atoms in total. The van der Waals surface area contributed by atoms with E-state index >= 15 is 0 Å². The average molecular weight is 140 g/mol. The second kappa shape index (κ2) is 2.39. The minimum absolute atomic E-state index is 0.231. The molecule has 0 radical (unpaired) electrons. The Labute approximate surface area is 62.8 Å². The molecule has 1 atom stereocenters. The molecule has 1 heteroatoms. The van der Waals surface area contributed by atoms with Gasteiger partial charge < -0.3 is 5.11 Å². The van der Waals surface area contributed by atoms with E-state index in [0.29, 0.717) is 12.5 Å². The first kappa shape index (κ1) is 7.80. The number of allylic oxidation sites excluding steroid dienone is 2. The third kappa shape index (κ3) is 0.988. The van der Waals surface area contributed by atoms with Gasteiger partial charge >= 0.3 is 0 Å². The van der Waals surface area contributed by atoms with Crippen molar-refractivity contribution in [2.24, 2.45) is 11.3 Å². The van der Waals surface area contributed by atoms with Gasteiger partial charge in [-0.05, 0) is 24.7 Å². The Bertz CT molecular complexity index is 156. The van der Waals surface area contributed by atoms with E-state index in [1.54, 1.807) is 0 Å². The molecule has 1 N–H and O–H groups in total. The van der Waals surface area contributed by atoms with Gasteiger partial charge in [-0.25, -0.2) is 0 Å². The molecule has 1 aliphatic rings. The summed E-state index contributed by atoms with van der Waals surface area (Å²) in [5.41, 5.74) is 1.65. The van der Waals surface area contributed by atoms with Gasteiger partial charge in [0, 0.05) is 6.61 Å². The molecular formula is C9H16O. The zero-order valence-corrected chi connectivity index (χ0v) is 7.02. The Balaban J connectivity index is 2.74. The molecule has 0 aromatic rings. The Morgan fingerprint density at radius 3 is 2.50 bits per heavy atom. The highest BCUT2D eigenvalue weighted by molar-refractivity contribution is 5.17. The summed E-state index contributed by atoms with van der Waals surface area (Å²) in [6, 6.07) is 0. The molecule has 58 valence electrons. The van der Waals surface area contributed by atoms with E-state index in [1.807, 2.05) is 0 Å². The third-order valence-corrected chi connectivity index (χ3v) is 2.97. The van der Waals surface area contributed by atoms with Gasteiger partial charge in [0.25, 0.3) is 0 Å². The quantitative estimate of drug-likeness (QED) is 0.552. The van der Waals surface area contributed by atoms with Gasteiger partial charge in [0.15, 0.2) is 0 Å². The highest BCUT2D eigenvalue weighted by atomic mass is 16.3. The lowest BCUT2D eigenvalue weighted by atomic mass is 9.78. The summed E-state index contributed by atoms with van der Waals surface area (Å²) >= 11 is 0. The van der Waals surface area contributed by atoms with Crippen LogP contribution in [0.25, 0.3) is 0 Å². The Kier molecular flexibility index (Phi) is 1.86. The Morgan fingerprint density at radius 2 is 2.30 bits per heavy atom. The van der Waals surface area contributed by atoms with Gasteiger partial charge in [0.1, 0.15) is 0 Å². The zero-order valence-electron chi connectivity index (χ0n) is 7.02. The van der Waals surface area contributed by atoms with Gasteiger partial charge in [0.05, 0.1) is 0 Å². The Hall–Kier alpha value is -0.300. The van der Waals surface area contributed by atoms with E-state index in [2.05, 4.69) is 26.8 Å². The summed E-state index contributed by atoms with van der Waals surface area (Å²) in [5, 5.41) is 8.99. The summed E-state index contributed by atoms with van der Waals surface area (Å²) in [6.07, 6.45) is 3.29. The van der Waals surface area contributed by atoms with Crippen molar-refractivity contribution in [1.29, 1.82) is 0 Å². The fourth-order valence-corrected chi connectivity index (χ4v) is 1.50. The van der Waals surface area contributed by atoms with Gasteiger partial charge in [-0.3, -0.25) is 0 Å². The smallest absolute Gasteiger partial charge is 0.0470 e. The van der Waals surface area contributed by atoms with Crippen LogP contribution in [0.5, 0.6) is 0 Å². The number of hydrogen-bond acceptors (Lipinski definition) is 1. The van der Waals surface area contributed by atoms with Crippen molar-refractivity contribution < 1.29 is 5.11 Å². The van der Waals surface area contributed by atoms with Crippen LogP contribution in [0.15, 0.2) is 11.6 Å².